The largest absolute Gasteiger partial charge is 0.486 e. The van der Waals surface area contributed by atoms with Crippen LogP contribution < -0.4 is 9.46 Å². The molecular weight excluding hydrogens is 334 g/mol. The van der Waals surface area contributed by atoms with Gasteiger partial charge < -0.3 is 9.72 Å². The van der Waals surface area contributed by atoms with Crippen molar-refractivity contribution < 1.29 is 13.2 Å². The summed E-state index contributed by atoms with van der Waals surface area (Å²) >= 11 is 6.99. The Bertz CT molecular complexity index is 902. The van der Waals surface area contributed by atoms with Crippen LogP contribution in [0.4, 0.5) is 5.13 Å². The van der Waals surface area contributed by atoms with E-state index in [1.54, 1.807) is 18.2 Å². The van der Waals surface area contributed by atoms with Gasteiger partial charge in [0.05, 0.1) is 13.3 Å². The van der Waals surface area contributed by atoms with Crippen LogP contribution in [0.15, 0.2) is 35.5 Å². The lowest BCUT2D eigenvalue weighted by atomic mass is 10.2. The second-order valence-electron chi connectivity index (χ2n) is 4.14. The van der Waals surface area contributed by atoms with Crippen molar-refractivity contribution in [1.29, 1.82) is 0 Å². The van der Waals surface area contributed by atoms with Crippen LogP contribution in [0, 0.1) is 0 Å². The van der Waals surface area contributed by atoms with Gasteiger partial charge in [0, 0.05) is 22.1 Å². The molecule has 0 spiro atoms. The molecule has 0 radical (unpaired) electrons. The molecule has 0 unspecified atom stereocenters. The topological polar surface area (TPSA) is 84.1 Å². The summed E-state index contributed by atoms with van der Waals surface area (Å²) in [6.45, 7) is 0. The summed E-state index contributed by atoms with van der Waals surface area (Å²) in [5.41, 5.74) is 0.652. The first kappa shape index (κ1) is 14.2. The van der Waals surface area contributed by atoms with E-state index in [-0.39, 0.29) is 10.0 Å². The highest BCUT2D eigenvalue weighted by Crippen LogP contribution is 2.30. The van der Waals surface area contributed by atoms with Crippen LogP contribution in [0.1, 0.15) is 0 Å². The monoisotopic (exact) mass is 343 g/mol. The zero-order valence-electron chi connectivity index (χ0n) is 10.8. The number of benzene rings is 1. The van der Waals surface area contributed by atoms with E-state index in [1.165, 1.54) is 19.5 Å². The number of thiazole rings is 1. The number of nitrogens with one attached hydrogen (secondary N) is 2. The van der Waals surface area contributed by atoms with Crippen LogP contribution in [0.2, 0.25) is 5.02 Å². The third-order valence-corrected chi connectivity index (χ3v) is 5.42. The number of aromatic nitrogens is 2. The Morgan fingerprint density at radius 3 is 2.95 bits per heavy atom. The smallest absolute Gasteiger partial charge is 0.265 e. The minimum absolute atomic E-state index is 0.142. The van der Waals surface area contributed by atoms with Gasteiger partial charge in [0.15, 0.2) is 10.2 Å². The third kappa shape index (κ3) is 2.69. The van der Waals surface area contributed by atoms with Gasteiger partial charge in [-0.05, 0) is 18.2 Å². The normalized spacial score (nSPS) is 11.7. The van der Waals surface area contributed by atoms with E-state index in [9.17, 15) is 8.42 Å². The van der Waals surface area contributed by atoms with Crippen molar-refractivity contribution in [3.8, 4) is 5.06 Å². The Labute approximate surface area is 129 Å². The number of sulfonamides is 1. The number of rotatable bonds is 4. The Balaban J connectivity index is 2.00. The lowest BCUT2D eigenvalue weighted by Gasteiger charge is -2.03. The highest BCUT2D eigenvalue weighted by atomic mass is 35.5. The molecule has 21 heavy (non-hydrogen) atoms. The first-order chi connectivity index (χ1) is 9.99. The SMILES string of the molecule is COc1cnc(NS(=O)(=O)c2c[nH]c3cc(Cl)ccc23)s1. The number of aromatic amines is 1. The number of hydrogen-bond donors (Lipinski definition) is 2. The van der Waals surface area contributed by atoms with E-state index in [1.807, 2.05) is 0 Å². The second-order valence-corrected chi connectivity index (χ2v) is 7.22. The fourth-order valence-electron chi connectivity index (χ4n) is 1.86. The molecule has 0 saturated heterocycles. The van der Waals surface area contributed by atoms with Crippen molar-refractivity contribution in [1.82, 2.24) is 9.97 Å². The number of hydrogen-bond acceptors (Lipinski definition) is 5. The number of nitrogens with zero attached hydrogens (tertiary/aromatic N) is 1. The molecule has 0 fully saturated rings. The fourth-order valence-corrected chi connectivity index (χ4v) is 4.09. The summed E-state index contributed by atoms with van der Waals surface area (Å²) in [5, 5.41) is 1.87. The minimum atomic E-state index is -3.74. The van der Waals surface area contributed by atoms with Gasteiger partial charge in [-0.25, -0.2) is 13.4 Å². The lowest BCUT2D eigenvalue weighted by Crippen LogP contribution is -2.12. The number of H-pyrrole nitrogens is 1. The quantitative estimate of drug-likeness (QED) is 0.762. The maximum absolute atomic E-state index is 12.4. The Hall–Kier alpha value is -1.77. The molecule has 3 aromatic rings. The van der Waals surface area contributed by atoms with Crippen molar-refractivity contribution in [2.75, 3.05) is 11.8 Å². The number of halogens is 1. The fraction of sp³-hybridized carbons (Fsp3) is 0.0833. The van der Waals surface area contributed by atoms with Crippen LogP contribution in [-0.2, 0) is 10.0 Å². The van der Waals surface area contributed by atoms with E-state index in [4.69, 9.17) is 16.3 Å². The summed E-state index contributed by atoms with van der Waals surface area (Å²) in [5.74, 6) is 0. The summed E-state index contributed by atoms with van der Waals surface area (Å²) in [6, 6.07) is 4.97. The predicted molar refractivity (Wildman–Crippen MR) is 82.8 cm³/mol. The van der Waals surface area contributed by atoms with Gasteiger partial charge >= 0.3 is 0 Å². The molecule has 1 aromatic carbocycles. The van der Waals surface area contributed by atoms with Crippen LogP contribution in [-0.4, -0.2) is 25.5 Å². The molecule has 2 aromatic heterocycles. The molecule has 0 amide bonds. The molecule has 110 valence electrons. The van der Waals surface area contributed by atoms with Crippen LogP contribution >= 0.6 is 22.9 Å². The average molecular weight is 344 g/mol. The maximum Gasteiger partial charge on any atom is 0.265 e. The van der Waals surface area contributed by atoms with E-state index in [0.29, 0.717) is 21.0 Å². The van der Waals surface area contributed by atoms with Gasteiger partial charge in [0.25, 0.3) is 10.0 Å². The van der Waals surface area contributed by atoms with Crippen molar-refractivity contribution >= 4 is 49.0 Å². The summed E-state index contributed by atoms with van der Waals surface area (Å²) in [6.07, 6.45) is 2.88. The molecule has 2 heterocycles. The predicted octanol–water partition coefficient (Wildman–Crippen LogP) is 3.09. The van der Waals surface area contributed by atoms with Gasteiger partial charge in [-0.2, -0.15) is 0 Å². The molecule has 0 aliphatic heterocycles. The van der Waals surface area contributed by atoms with Gasteiger partial charge in [-0.15, -0.1) is 0 Å². The molecule has 0 aliphatic carbocycles. The molecular formula is C12H10ClN3O3S2. The van der Waals surface area contributed by atoms with E-state index >= 15 is 0 Å². The second kappa shape index (κ2) is 5.21. The highest BCUT2D eigenvalue weighted by Gasteiger charge is 2.20. The third-order valence-electron chi connectivity index (χ3n) is 2.80. The summed E-state index contributed by atoms with van der Waals surface area (Å²) < 4.78 is 32.3. The number of fused-ring (bicyclic) bond motifs is 1. The maximum atomic E-state index is 12.4. The zero-order chi connectivity index (χ0) is 15.0. The first-order valence-corrected chi connectivity index (χ1v) is 8.46. The molecule has 0 atom stereocenters. The van der Waals surface area contributed by atoms with E-state index < -0.39 is 10.0 Å². The zero-order valence-corrected chi connectivity index (χ0v) is 13.1. The van der Waals surface area contributed by atoms with E-state index in [0.717, 1.165) is 11.3 Å². The molecule has 3 rings (SSSR count). The summed E-state index contributed by atoms with van der Waals surface area (Å²) in [7, 11) is -2.24. The molecule has 0 saturated carbocycles. The highest BCUT2D eigenvalue weighted by molar-refractivity contribution is 7.93. The van der Waals surface area contributed by atoms with Gasteiger partial charge in [-0.1, -0.05) is 22.9 Å². The average Bonchev–Trinajstić information content (AvgIpc) is 3.04. The standard InChI is InChI=1S/C12H10ClN3O3S2/c1-19-11-6-15-12(20-11)16-21(17,18)10-5-14-9-4-7(13)2-3-8(9)10/h2-6,14H,1H3,(H,15,16). The van der Waals surface area contributed by atoms with Gasteiger partial charge in [0.2, 0.25) is 0 Å². The minimum Gasteiger partial charge on any atom is -0.486 e. The van der Waals surface area contributed by atoms with Crippen molar-refractivity contribution in [2.24, 2.45) is 0 Å². The molecule has 6 nitrogen and oxygen atoms in total. The molecule has 0 bridgehead atoms. The van der Waals surface area contributed by atoms with Crippen molar-refractivity contribution in [3.63, 3.8) is 0 Å². The number of methoxy groups -OCH3 is 1. The van der Waals surface area contributed by atoms with Crippen molar-refractivity contribution in [2.45, 2.75) is 4.90 Å². The lowest BCUT2D eigenvalue weighted by molar-refractivity contribution is 0.426. The number of ether oxygens (including phenoxy) is 1. The van der Waals surface area contributed by atoms with E-state index in [2.05, 4.69) is 14.7 Å². The Morgan fingerprint density at radius 1 is 1.43 bits per heavy atom. The molecule has 0 aliphatic rings. The van der Waals surface area contributed by atoms with Crippen LogP contribution in [0.3, 0.4) is 0 Å². The summed E-state index contributed by atoms with van der Waals surface area (Å²) in [4.78, 5) is 6.98. The first-order valence-electron chi connectivity index (χ1n) is 5.79. The van der Waals surface area contributed by atoms with Crippen molar-refractivity contribution in [3.05, 3.63) is 35.6 Å². The Kier molecular flexibility index (Phi) is 3.52. The van der Waals surface area contributed by atoms with Crippen LogP contribution in [0.25, 0.3) is 10.9 Å². The molecule has 9 heteroatoms. The number of anilines is 1. The van der Waals surface area contributed by atoms with Gasteiger partial charge in [0.1, 0.15) is 4.90 Å². The Morgan fingerprint density at radius 2 is 2.24 bits per heavy atom. The van der Waals surface area contributed by atoms with Crippen LogP contribution in [0.5, 0.6) is 5.06 Å². The van der Waals surface area contributed by atoms with Gasteiger partial charge in [-0.3, -0.25) is 4.72 Å². The molecule has 2 N–H and O–H groups in total.